The first kappa shape index (κ1) is 35.9. The van der Waals surface area contributed by atoms with E-state index in [0.29, 0.717) is 50.0 Å². The number of halogens is 4. The number of amides is 1. The molecule has 8 rings (SSSR count). The summed E-state index contributed by atoms with van der Waals surface area (Å²) in [5.74, 6) is -3.15. The van der Waals surface area contributed by atoms with Gasteiger partial charge >= 0.3 is 12.1 Å². The maximum absolute atomic E-state index is 17.0. The van der Waals surface area contributed by atoms with Crippen molar-refractivity contribution in [1.82, 2.24) is 24.8 Å². The van der Waals surface area contributed by atoms with Crippen LogP contribution in [0.1, 0.15) is 49.3 Å². The Morgan fingerprint density at radius 2 is 1.80 bits per heavy atom. The lowest BCUT2D eigenvalue weighted by atomic mass is 9.91. The molecule has 3 aliphatic rings. The zero-order valence-corrected chi connectivity index (χ0v) is 29.7. The van der Waals surface area contributed by atoms with Crippen molar-refractivity contribution < 1.29 is 41.3 Å². The molecule has 3 aliphatic heterocycles. The lowest BCUT2D eigenvalue weighted by molar-refractivity contribution is 0.0512. The first-order valence-electron chi connectivity index (χ1n) is 18.1. The first-order valence-corrected chi connectivity index (χ1v) is 18.1. The monoisotopic (exact) mass is 745 g/mol. The molecular formula is C40H39F4N5O5. The molecule has 1 amide bonds. The van der Waals surface area contributed by atoms with E-state index in [1.54, 1.807) is 4.90 Å². The van der Waals surface area contributed by atoms with Gasteiger partial charge in [0.1, 0.15) is 36.3 Å². The van der Waals surface area contributed by atoms with Gasteiger partial charge in [-0.1, -0.05) is 36.4 Å². The van der Waals surface area contributed by atoms with Gasteiger partial charge in [0, 0.05) is 61.6 Å². The lowest BCUT2D eigenvalue weighted by Gasteiger charge is -2.32. The largest absolute Gasteiger partial charge is 0.468 e. The van der Waals surface area contributed by atoms with Crippen molar-refractivity contribution in [2.75, 3.05) is 46.7 Å². The number of carbonyl (C=O) groups is 1. The highest BCUT2D eigenvalue weighted by atomic mass is 19.2. The van der Waals surface area contributed by atoms with Gasteiger partial charge in [-0.25, -0.2) is 22.4 Å². The van der Waals surface area contributed by atoms with Crippen LogP contribution >= 0.6 is 0 Å². The Bertz CT molecular complexity index is 2190. The van der Waals surface area contributed by atoms with Crippen molar-refractivity contribution in [3.63, 3.8) is 0 Å². The highest BCUT2D eigenvalue weighted by Gasteiger charge is 2.49. The third kappa shape index (κ3) is 6.88. The zero-order valence-electron chi connectivity index (χ0n) is 29.7. The molecule has 0 bridgehead atoms. The average molecular weight is 746 g/mol. The Morgan fingerprint density at radius 3 is 2.59 bits per heavy atom. The Labute approximate surface area is 309 Å². The van der Waals surface area contributed by atoms with E-state index in [1.165, 1.54) is 31.5 Å². The molecule has 54 heavy (non-hydrogen) atoms. The number of likely N-dealkylation sites (tertiary alicyclic amines) is 1. The van der Waals surface area contributed by atoms with Crippen LogP contribution < -0.4 is 9.47 Å². The Balaban J connectivity index is 1.15. The zero-order chi connectivity index (χ0) is 37.4. The second-order valence-electron chi connectivity index (χ2n) is 14.2. The quantitative estimate of drug-likeness (QED) is 0.105. The number of piperidine rings is 1. The molecule has 0 N–H and O–H groups in total. The maximum atomic E-state index is 17.0. The Hall–Kier alpha value is -5.08. The van der Waals surface area contributed by atoms with Crippen LogP contribution in [0.15, 0.2) is 60.8 Å². The van der Waals surface area contributed by atoms with Gasteiger partial charge in [-0.3, -0.25) is 9.88 Å². The van der Waals surface area contributed by atoms with Gasteiger partial charge in [0.15, 0.2) is 24.2 Å². The van der Waals surface area contributed by atoms with Crippen molar-refractivity contribution in [1.29, 1.82) is 0 Å². The van der Waals surface area contributed by atoms with Crippen LogP contribution in [0.2, 0.25) is 0 Å². The number of ether oxygens (including phenoxy) is 4. The van der Waals surface area contributed by atoms with Gasteiger partial charge in [0.2, 0.25) is 0 Å². The molecule has 0 spiro atoms. The number of nitrogens with zero attached hydrogens (tertiary/aromatic N) is 5. The highest BCUT2D eigenvalue weighted by Crippen LogP contribution is 2.42. The fraction of sp³-hybridized carbons (Fsp3) is 0.400. The number of benzene rings is 3. The van der Waals surface area contributed by atoms with Gasteiger partial charge in [0.25, 0.3) is 0 Å². The van der Waals surface area contributed by atoms with Crippen molar-refractivity contribution in [3.05, 3.63) is 89.5 Å². The van der Waals surface area contributed by atoms with Crippen LogP contribution in [0.5, 0.6) is 11.8 Å². The number of aromatic nitrogens is 3. The van der Waals surface area contributed by atoms with E-state index in [9.17, 15) is 13.6 Å². The molecule has 3 aromatic carbocycles. The van der Waals surface area contributed by atoms with Gasteiger partial charge < -0.3 is 23.8 Å². The van der Waals surface area contributed by atoms with E-state index >= 15 is 8.78 Å². The summed E-state index contributed by atoms with van der Waals surface area (Å²) in [7, 11) is 1.44. The number of fused-ring (bicyclic) bond motifs is 3. The van der Waals surface area contributed by atoms with E-state index in [1.807, 2.05) is 30.3 Å². The summed E-state index contributed by atoms with van der Waals surface area (Å²) in [4.78, 5) is 30.5. The molecule has 5 aromatic rings. The molecule has 0 radical (unpaired) electrons. The van der Waals surface area contributed by atoms with Gasteiger partial charge in [-0.2, -0.15) is 9.97 Å². The summed E-state index contributed by atoms with van der Waals surface area (Å²) in [6.45, 7) is 1.98. The number of carbonyl (C=O) groups excluding carboxylic acids is 1. The highest BCUT2D eigenvalue weighted by molar-refractivity contribution is 5.99. The standard InChI is InChI=1S/C40H39F4N5O5/c1-51-23-54-28-16-26-8-9-31(42)33(43)32(26)29(17-28)36-34(44)37-30(19-45-36)35(46-38(47-37)53-22-40-12-5-13-49(40)20-27(41)18-40)25-10-14-48(15-11-25)39(50)52-21-24-6-3-2-4-7-24/h2-4,6-9,16-17,19,25,27H,5,10-15,18,20-23H2,1H3/t27-,40+/m1/s1. The maximum Gasteiger partial charge on any atom is 0.410 e. The normalized spacial score (nSPS) is 20.5. The topological polar surface area (TPSA) is 99.1 Å². The van der Waals surface area contributed by atoms with Crippen molar-refractivity contribution in [2.45, 2.75) is 56.3 Å². The summed E-state index contributed by atoms with van der Waals surface area (Å²) in [6, 6.07) is 14.6. The summed E-state index contributed by atoms with van der Waals surface area (Å²) in [5.41, 5.74) is 0.427. The number of alkyl halides is 1. The fourth-order valence-corrected chi connectivity index (χ4v) is 8.18. The van der Waals surface area contributed by atoms with E-state index in [0.717, 1.165) is 31.0 Å². The first-order chi connectivity index (χ1) is 26.2. The second kappa shape index (κ2) is 15.0. The van der Waals surface area contributed by atoms with E-state index in [4.69, 9.17) is 23.9 Å². The molecule has 0 saturated carbocycles. The molecule has 2 atom stereocenters. The summed E-state index contributed by atoms with van der Waals surface area (Å²) >= 11 is 0. The summed E-state index contributed by atoms with van der Waals surface area (Å²) in [6.07, 6.45) is 3.00. The van der Waals surface area contributed by atoms with Crippen LogP contribution in [0.3, 0.4) is 0 Å². The summed E-state index contributed by atoms with van der Waals surface area (Å²) < 4.78 is 84.1. The van der Waals surface area contributed by atoms with Crippen LogP contribution in [-0.4, -0.2) is 89.2 Å². The van der Waals surface area contributed by atoms with Gasteiger partial charge in [-0.05, 0) is 61.4 Å². The molecule has 3 saturated heterocycles. The van der Waals surface area contributed by atoms with E-state index < -0.39 is 35.3 Å². The Kier molecular flexibility index (Phi) is 9.97. The van der Waals surface area contributed by atoms with Crippen LogP contribution in [0.25, 0.3) is 32.9 Å². The molecule has 2 aromatic heterocycles. The molecule has 0 aliphatic carbocycles. The summed E-state index contributed by atoms with van der Waals surface area (Å²) in [5, 5.41) is 0.412. The van der Waals surface area contributed by atoms with Crippen molar-refractivity contribution in [3.8, 4) is 23.0 Å². The molecule has 10 nitrogen and oxygen atoms in total. The SMILES string of the molecule is COCOc1cc(-c2ncc3c(C4CCN(C(=O)OCc5ccccc5)CC4)nc(OC[C@@]45CCCN4C[C@H](F)C5)nc3c2F)c2c(F)c(F)ccc2c1. The number of pyridine rings is 1. The second-order valence-corrected chi connectivity index (χ2v) is 14.2. The molecule has 282 valence electrons. The number of methoxy groups -OCH3 is 1. The van der Waals surface area contributed by atoms with Gasteiger partial charge in [0.05, 0.1) is 11.2 Å². The van der Waals surface area contributed by atoms with E-state index in [2.05, 4.69) is 14.9 Å². The number of hydrogen-bond acceptors (Lipinski definition) is 9. The molecule has 0 unspecified atom stereocenters. The lowest BCUT2D eigenvalue weighted by Crippen LogP contribution is -2.43. The Morgan fingerprint density at radius 1 is 0.981 bits per heavy atom. The van der Waals surface area contributed by atoms with Crippen molar-refractivity contribution >= 4 is 27.8 Å². The van der Waals surface area contributed by atoms with Crippen LogP contribution in [0.4, 0.5) is 22.4 Å². The van der Waals surface area contributed by atoms with Crippen LogP contribution in [0, 0.1) is 17.5 Å². The minimum atomic E-state index is -1.16. The molecule has 5 heterocycles. The smallest absolute Gasteiger partial charge is 0.410 e. The third-order valence-electron chi connectivity index (χ3n) is 10.8. The number of rotatable bonds is 10. The molecular weight excluding hydrogens is 706 g/mol. The minimum absolute atomic E-state index is 0.0413. The van der Waals surface area contributed by atoms with E-state index in [-0.39, 0.29) is 65.2 Å². The van der Waals surface area contributed by atoms with Crippen LogP contribution in [-0.2, 0) is 16.1 Å². The minimum Gasteiger partial charge on any atom is -0.468 e. The number of hydrogen-bond donors (Lipinski definition) is 0. The fourth-order valence-electron chi connectivity index (χ4n) is 8.18. The predicted molar refractivity (Wildman–Crippen MR) is 191 cm³/mol. The third-order valence-corrected chi connectivity index (χ3v) is 10.8. The van der Waals surface area contributed by atoms with Gasteiger partial charge in [-0.15, -0.1) is 0 Å². The predicted octanol–water partition coefficient (Wildman–Crippen LogP) is 7.72. The molecule has 14 heteroatoms. The molecule has 3 fully saturated rings. The van der Waals surface area contributed by atoms with Crippen molar-refractivity contribution in [2.24, 2.45) is 0 Å². The average Bonchev–Trinajstić information content (AvgIpc) is 3.72.